The Hall–Kier alpha value is -1.72. The van der Waals surface area contributed by atoms with E-state index in [4.69, 9.17) is 0 Å². The second-order valence-electron chi connectivity index (χ2n) is 12.0. The van der Waals surface area contributed by atoms with Gasteiger partial charge in [-0.1, -0.05) is 62.4 Å². The molecule has 2 aliphatic rings. The van der Waals surface area contributed by atoms with Crippen molar-refractivity contribution in [3.8, 4) is 11.1 Å². The first kappa shape index (κ1) is 25.4. The van der Waals surface area contributed by atoms with Gasteiger partial charge in [-0.05, 0) is 59.8 Å². The number of rotatable bonds is 7. The molecule has 34 heavy (non-hydrogen) atoms. The molecule has 2 saturated heterocycles. The van der Waals surface area contributed by atoms with E-state index in [-0.39, 0.29) is 12.5 Å². The zero-order valence-electron chi connectivity index (χ0n) is 21.8. The van der Waals surface area contributed by atoms with Crippen LogP contribution in [0.4, 0.5) is 0 Å². The molecule has 2 aliphatic heterocycles. The lowest BCUT2D eigenvalue weighted by atomic mass is 9.95. The van der Waals surface area contributed by atoms with Crippen LogP contribution in [-0.4, -0.2) is 71.9 Å². The Bertz CT molecular complexity index is 830. The summed E-state index contributed by atoms with van der Waals surface area (Å²) >= 11 is 0. The summed E-state index contributed by atoms with van der Waals surface area (Å²) in [6.45, 7) is 8.91. The van der Waals surface area contributed by atoms with Gasteiger partial charge < -0.3 is 19.2 Å². The Kier molecular flexibility index (Phi) is 7.83. The molecule has 0 amide bonds. The van der Waals surface area contributed by atoms with Gasteiger partial charge >= 0.3 is 0 Å². The number of likely N-dealkylation sites (N-methyl/N-ethyl adjacent to an activating group) is 2. The van der Waals surface area contributed by atoms with Crippen LogP contribution >= 0.6 is 0 Å². The highest BCUT2D eigenvalue weighted by molar-refractivity contribution is 5.64. The highest BCUT2D eigenvalue weighted by Crippen LogP contribution is 2.28. The number of aliphatic hydroxyl groups excluding tert-OH is 2. The molecular weight excluding hydrogens is 420 g/mol. The quantitative estimate of drug-likeness (QED) is 0.574. The topological polar surface area (TPSA) is 40.5 Å². The monoisotopic (exact) mass is 466 g/mol. The van der Waals surface area contributed by atoms with E-state index in [1.165, 1.54) is 47.9 Å². The van der Waals surface area contributed by atoms with E-state index < -0.39 is 0 Å². The molecule has 2 atom stereocenters. The van der Waals surface area contributed by atoms with Gasteiger partial charge in [0, 0.05) is 0 Å². The summed E-state index contributed by atoms with van der Waals surface area (Å²) in [6, 6.07) is 17.3. The number of nitrogens with zero attached hydrogens (tertiary/aromatic N) is 2. The molecule has 0 saturated carbocycles. The molecule has 2 N–H and O–H groups in total. The first-order chi connectivity index (χ1) is 16.2. The minimum atomic E-state index is -0.336. The van der Waals surface area contributed by atoms with Gasteiger partial charge in [0.05, 0.1) is 53.1 Å². The Morgan fingerprint density at radius 2 is 0.912 bits per heavy atom. The van der Waals surface area contributed by atoms with Crippen molar-refractivity contribution in [2.75, 3.05) is 40.3 Å². The minimum absolute atomic E-state index is 0.336. The fourth-order valence-electron chi connectivity index (χ4n) is 5.70. The molecule has 4 heteroatoms. The molecule has 0 aliphatic carbocycles. The molecule has 2 fully saturated rings. The number of hydrogen-bond donors (Lipinski definition) is 2. The van der Waals surface area contributed by atoms with E-state index in [1.54, 1.807) is 0 Å². The first-order valence-corrected chi connectivity index (χ1v) is 13.4. The summed E-state index contributed by atoms with van der Waals surface area (Å²) in [6.07, 6.45) is 5.56. The van der Waals surface area contributed by atoms with Crippen molar-refractivity contribution in [3.63, 3.8) is 0 Å². The van der Waals surface area contributed by atoms with Crippen molar-refractivity contribution in [2.45, 2.75) is 64.8 Å². The van der Waals surface area contributed by atoms with Crippen molar-refractivity contribution in [1.29, 1.82) is 0 Å². The lowest BCUT2D eigenvalue weighted by molar-refractivity contribution is -0.959. The van der Waals surface area contributed by atoms with E-state index in [0.29, 0.717) is 12.8 Å². The van der Waals surface area contributed by atoms with Crippen LogP contribution < -0.4 is 0 Å². The van der Waals surface area contributed by atoms with E-state index in [0.717, 1.165) is 47.0 Å². The van der Waals surface area contributed by atoms with Gasteiger partial charge in [-0.2, -0.15) is 0 Å². The second kappa shape index (κ2) is 10.5. The van der Waals surface area contributed by atoms with Crippen LogP contribution in [-0.2, 0) is 12.8 Å². The minimum Gasteiger partial charge on any atom is -0.344 e. The molecule has 4 nitrogen and oxygen atoms in total. The molecule has 2 unspecified atom stereocenters. The average Bonchev–Trinajstić information content (AvgIpc) is 2.84. The summed E-state index contributed by atoms with van der Waals surface area (Å²) < 4.78 is 1.55. The van der Waals surface area contributed by atoms with Gasteiger partial charge in [0.2, 0.25) is 0 Å². The number of likely N-dealkylation sites (tertiary alicyclic amines) is 2. The van der Waals surface area contributed by atoms with Crippen LogP contribution in [0.5, 0.6) is 0 Å². The molecule has 0 bridgehead atoms. The number of quaternary nitrogens is 2. The highest BCUT2D eigenvalue weighted by Gasteiger charge is 2.36. The predicted octanol–water partition coefficient (Wildman–Crippen LogP) is 4.83. The van der Waals surface area contributed by atoms with E-state index in [1.807, 2.05) is 0 Å². The molecule has 0 aromatic heterocycles. The van der Waals surface area contributed by atoms with Crippen LogP contribution in [0.3, 0.4) is 0 Å². The third-order valence-corrected chi connectivity index (χ3v) is 9.05. The fraction of sp³-hybridized carbons (Fsp3) is 0.600. The summed E-state index contributed by atoms with van der Waals surface area (Å²) in [4.78, 5) is 0. The van der Waals surface area contributed by atoms with Crippen LogP contribution in [0, 0.1) is 11.8 Å². The van der Waals surface area contributed by atoms with Crippen molar-refractivity contribution < 1.29 is 19.2 Å². The number of hydrogen-bond acceptors (Lipinski definition) is 2. The third-order valence-electron chi connectivity index (χ3n) is 9.05. The molecule has 0 radical (unpaired) electrons. The van der Waals surface area contributed by atoms with Crippen LogP contribution in [0.15, 0.2) is 48.5 Å². The van der Waals surface area contributed by atoms with E-state index in [9.17, 15) is 10.2 Å². The van der Waals surface area contributed by atoms with Crippen LogP contribution in [0.1, 0.15) is 50.7 Å². The number of benzene rings is 2. The zero-order valence-corrected chi connectivity index (χ0v) is 21.8. The summed E-state index contributed by atoms with van der Waals surface area (Å²) in [5, 5.41) is 21.9. The van der Waals surface area contributed by atoms with Crippen LogP contribution in [0.2, 0.25) is 0 Å². The Balaban J connectivity index is 1.34. The summed E-state index contributed by atoms with van der Waals surface area (Å²) in [7, 11) is 4.41. The zero-order chi connectivity index (χ0) is 24.3. The Morgan fingerprint density at radius 3 is 1.21 bits per heavy atom. The normalized spacial score (nSPS) is 31.7. The standard InChI is InChI=1S/C30H46N2O2/c1-23-13-17-31(3,18-14-23)29(33)21-25-5-9-27(10-6-25)28-11-7-26(8-12-28)22-30(34)32(4)19-15-24(2)16-20-32/h5-12,23-24,29-30,33-34H,13-22H2,1-4H3/q+2. The van der Waals surface area contributed by atoms with Gasteiger partial charge in [-0.15, -0.1) is 0 Å². The summed E-state index contributed by atoms with van der Waals surface area (Å²) in [5.74, 6) is 1.57. The van der Waals surface area contributed by atoms with Gasteiger partial charge in [0.25, 0.3) is 0 Å². The number of piperidine rings is 2. The lowest BCUT2D eigenvalue weighted by Crippen LogP contribution is -2.57. The maximum Gasteiger partial charge on any atom is 0.194 e. The molecule has 2 aromatic rings. The molecule has 0 spiro atoms. The maximum atomic E-state index is 10.9. The van der Waals surface area contributed by atoms with Crippen LogP contribution in [0.25, 0.3) is 11.1 Å². The van der Waals surface area contributed by atoms with Gasteiger partial charge in [-0.25, -0.2) is 0 Å². The molecular formula is C30H46N2O2+2. The second-order valence-corrected chi connectivity index (χ2v) is 12.0. The van der Waals surface area contributed by atoms with Gasteiger partial charge in [0.1, 0.15) is 0 Å². The average molecular weight is 467 g/mol. The van der Waals surface area contributed by atoms with Crippen molar-refractivity contribution in [2.24, 2.45) is 11.8 Å². The lowest BCUT2D eigenvalue weighted by Gasteiger charge is -2.43. The predicted molar refractivity (Wildman–Crippen MR) is 140 cm³/mol. The van der Waals surface area contributed by atoms with Crippen molar-refractivity contribution in [1.82, 2.24) is 0 Å². The maximum absolute atomic E-state index is 10.9. The Labute approximate surface area is 207 Å². The third kappa shape index (κ3) is 5.91. The van der Waals surface area contributed by atoms with Crippen molar-refractivity contribution >= 4 is 0 Å². The van der Waals surface area contributed by atoms with Crippen molar-refractivity contribution in [3.05, 3.63) is 59.7 Å². The first-order valence-electron chi connectivity index (χ1n) is 13.4. The smallest absolute Gasteiger partial charge is 0.194 e. The largest absolute Gasteiger partial charge is 0.344 e. The summed E-state index contributed by atoms with van der Waals surface area (Å²) in [5.41, 5.74) is 4.78. The fourth-order valence-corrected chi connectivity index (χ4v) is 5.70. The van der Waals surface area contributed by atoms with E-state index in [2.05, 4.69) is 76.5 Å². The molecule has 4 rings (SSSR count). The van der Waals surface area contributed by atoms with Gasteiger partial charge in [0.15, 0.2) is 12.5 Å². The molecule has 2 aromatic carbocycles. The number of aliphatic hydroxyl groups is 2. The highest BCUT2D eigenvalue weighted by atomic mass is 16.3. The Morgan fingerprint density at radius 1 is 0.618 bits per heavy atom. The molecule has 186 valence electrons. The van der Waals surface area contributed by atoms with E-state index >= 15 is 0 Å². The SMILES string of the molecule is CC1CC[N+](C)(C(O)Cc2ccc(-c3ccc(CC(O)[N+]4(C)CCC(C)CC4)cc3)cc2)CC1. The molecule has 2 heterocycles. The van der Waals surface area contributed by atoms with Gasteiger partial charge in [-0.3, -0.25) is 0 Å².